The molecule has 2 N–H and O–H groups in total. The SMILES string of the molecule is Cc1cc(=O)[nH]c(-c2ccc(NC(=O)C3C4CCC(O4)C3C(F)(F)F)cc2)n1. The summed E-state index contributed by atoms with van der Waals surface area (Å²) in [7, 11) is 0. The first-order chi connectivity index (χ1) is 13.2. The molecular weight excluding hydrogens is 375 g/mol. The fraction of sp³-hybridized carbons (Fsp3) is 0.421. The minimum absolute atomic E-state index is 0.283. The molecule has 0 saturated carbocycles. The Bertz CT molecular complexity index is 955. The highest BCUT2D eigenvalue weighted by Crippen LogP contribution is 2.50. The van der Waals surface area contributed by atoms with E-state index in [0.717, 1.165) is 0 Å². The van der Waals surface area contributed by atoms with Crippen LogP contribution >= 0.6 is 0 Å². The van der Waals surface area contributed by atoms with Crippen molar-refractivity contribution in [1.82, 2.24) is 9.97 Å². The number of amides is 1. The molecule has 2 fully saturated rings. The van der Waals surface area contributed by atoms with Crippen molar-refractivity contribution in [2.45, 2.75) is 38.1 Å². The third kappa shape index (κ3) is 3.42. The summed E-state index contributed by atoms with van der Waals surface area (Å²) >= 11 is 0. The number of ether oxygens (including phenoxy) is 1. The molecule has 4 unspecified atom stereocenters. The predicted octanol–water partition coefficient (Wildman–Crippen LogP) is 3.04. The summed E-state index contributed by atoms with van der Waals surface area (Å²) in [6, 6.07) is 7.75. The number of halogens is 3. The highest BCUT2D eigenvalue weighted by Gasteiger charge is 2.62. The summed E-state index contributed by atoms with van der Waals surface area (Å²) in [5.74, 6) is -3.33. The number of nitrogens with zero attached hydrogens (tertiary/aromatic N) is 1. The molecule has 6 nitrogen and oxygen atoms in total. The number of anilines is 1. The van der Waals surface area contributed by atoms with Crippen LogP contribution < -0.4 is 10.9 Å². The minimum atomic E-state index is -4.48. The van der Waals surface area contributed by atoms with Crippen LogP contribution in [0.25, 0.3) is 11.4 Å². The largest absolute Gasteiger partial charge is 0.395 e. The molecule has 9 heteroatoms. The van der Waals surface area contributed by atoms with E-state index in [1.54, 1.807) is 31.2 Å². The van der Waals surface area contributed by atoms with Crippen LogP contribution in [0.2, 0.25) is 0 Å². The molecule has 0 spiro atoms. The van der Waals surface area contributed by atoms with Crippen LogP contribution in [0.1, 0.15) is 18.5 Å². The fourth-order valence-electron chi connectivity index (χ4n) is 4.08. The zero-order valence-electron chi connectivity index (χ0n) is 14.9. The first kappa shape index (κ1) is 18.7. The van der Waals surface area contributed by atoms with Gasteiger partial charge in [-0.05, 0) is 44.0 Å². The lowest BCUT2D eigenvalue weighted by molar-refractivity contribution is -0.196. The van der Waals surface area contributed by atoms with E-state index in [0.29, 0.717) is 35.6 Å². The van der Waals surface area contributed by atoms with Gasteiger partial charge < -0.3 is 15.0 Å². The second-order valence-electron chi connectivity index (χ2n) is 7.19. The monoisotopic (exact) mass is 393 g/mol. The summed E-state index contributed by atoms with van der Waals surface area (Å²) in [4.78, 5) is 31.0. The second kappa shape index (κ2) is 6.73. The van der Waals surface area contributed by atoms with Crippen molar-refractivity contribution in [3.8, 4) is 11.4 Å². The highest BCUT2D eigenvalue weighted by atomic mass is 19.4. The van der Waals surface area contributed by atoms with Crippen LogP contribution in [0.4, 0.5) is 18.9 Å². The first-order valence-corrected chi connectivity index (χ1v) is 8.94. The van der Waals surface area contributed by atoms with E-state index in [1.807, 2.05) is 0 Å². The van der Waals surface area contributed by atoms with E-state index in [-0.39, 0.29) is 5.56 Å². The third-order valence-corrected chi connectivity index (χ3v) is 5.25. The van der Waals surface area contributed by atoms with E-state index in [9.17, 15) is 22.8 Å². The molecule has 28 heavy (non-hydrogen) atoms. The zero-order valence-corrected chi connectivity index (χ0v) is 14.9. The summed E-state index contributed by atoms with van der Waals surface area (Å²) in [5, 5.41) is 2.56. The van der Waals surface area contributed by atoms with Crippen molar-refractivity contribution in [1.29, 1.82) is 0 Å². The summed E-state index contributed by atoms with van der Waals surface area (Å²) in [5.41, 5.74) is 1.27. The average Bonchev–Trinajstić information content (AvgIpc) is 3.22. The van der Waals surface area contributed by atoms with Gasteiger partial charge in [0.15, 0.2) is 0 Å². The molecule has 1 aromatic heterocycles. The molecule has 0 aliphatic carbocycles. The molecule has 1 amide bonds. The summed E-state index contributed by atoms with van der Waals surface area (Å²) < 4.78 is 45.5. The van der Waals surface area contributed by atoms with Gasteiger partial charge in [-0.3, -0.25) is 9.59 Å². The Morgan fingerprint density at radius 3 is 2.54 bits per heavy atom. The molecule has 1 aromatic carbocycles. The molecule has 0 radical (unpaired) electrons. The Balaban J connectivity index is 1.51. The number of hydrogen-bond acceptors (Lipinski definition) is 4. The maximum absolute atomic E-state index is 13.4. The van der Waals surface area contributed by atoms with Gasteiger partial charge in [0.1, 0.15) is 5.82 Å². The fourth-order valence-corrected chi connectivity index (χ4v) is 4.08. The highest BCUT2D eigenvalue weighted by molar-refractivity contribution is 5.93. The molecule has 2 saturated heterocycles. The van der Waals surface area contributed by atoms with Gasteiger partial charge in [-0.25, -0.2) is 4.98 Å². The van der Waals surface area contributed by atoms with Crippen LogP contribution in [-0.4, -0.2) is 34.3 Å². The van der Waals surface area contributed by atoms with Crippen LogP contribution in [0.15, 0.2) is 35.1 Å². The standard InChI is InChI=1S/C19H18F3N3O3/c1-9-8-14(26)25-17(23-9)10-2-4-11(5-3-10)24-18(27)15-12-6-7-13(28-12)16(15)19(20,21)22/h2-5,8,12-13,15-16H,6-7H2,1H3,(H,24,27)(H,23,25,26). The average molecular weight is 393 g/mol. The van der Waals surface area contributed by atoms with E-state index in [1.165, 1.54) is 6.07 Å². The number of aromatic nitrogens is 2. The smallest absolute Gasteiger partial charge is 0.373 e. The lowest BCUT2D eigenvalue weighted by Gasteiger charge is -2.28. The van der Waals surface area contributed by atoms with Gasteiger partial charge in [0.25, 0.3) is 5.56 Å². The molecule has 4 atom stereocenters. The number of benzene rings is 1. The maximum Gasteiger partial charge on any atom is 0.395 e. The van der Waals surface area contributed by atoms with Crippen molar-refractivity contribution in [2.24, 2.45) is 11.8 Å². The van der Waals surface area contributed by atoms with Gasteiger partial charge in [-0.15, -0.1) is 0 Å². The van der Waals surface area contributed by atoms with Gasteiger partial charge in [-0.2, -0.15) is 13.2 Å². The number of aryl methyl sites for hydroxylation is 1. The summed E-state index contributed by atoms with van der Waals surface area (Å²) in [6.07, 6.45) is -5.32. The maximum atomic E-state index is 13.4. The van der Waals surface area contributed by atoms with E-state index >= 15 is 0 Å². The number of carbonyl (C=O) groups is 1. The van der Waals surface area contributed by atoms with Gasteiger partial charge >= 0.3 is 6.18 Å². The van der Waals surface area contributed by atoms with Crippen LogP contribution in [-0.2, 0) is 9.53 Å². The number of carbonyl (C=O) groups excluding carboxylic acids is 1. The first-order valence-electron chi connectivity index (χ1n) is 8.94. The van der Waals surface area contributed by atoms with Gasteiger partial charge in [0, 0.05) is 23.0 Å². The summed E-state index contributed by atoms with van der Waals surface area (Å²) in [6.45, 7) is 1.70. The van der Waals surface area contributed by atoms with E-state index < -0.39 is 36.1 Å². The second-order valence-corrected chi connectivity index (χ2v) is 7.19. The molecule has 2 aromatic rings. The van der Waals surface area contributed by atoms with Crippen molar-refractivity contribution in [3.63, 3.8) is 0 Å². The Hall–Kier alpha value is -2.68. The minimum Gasteiger partial charge on any atom is -0.373 e. The van der Waals surface area contributed by atoms with Crippen molar-refractivity contribution in [3.05, 3.63) is 46.4 Å². The van der Waals surface area contributed by atoms with Gasteiger partial charge in [0.2, 0.25) is 5.91 Å². The lowest BCUT2D eigenvalue weighted by atomic mass is 9.78. The Morgan fingerprint density at radius 1 is 1.21 bits per heavy atom. The van der Waals surface area contributed by atoms with Crippen molar-refractivity contribution < 1.29 is 22.7 Å². The van der Waals surface area contributed by atoms with E-state index in [4.69, 9.17) is 4.74 Å². The van der Waals surface area contributed by atoms with Gasteiger partial charge in [-0.1, -0.05) is 0 Å². The molecule has 2 bridgehead atoms. The van der Waals surface area contributed by atoms with Crippen LogP contribution in [0.5, 0.6) is 0 Å². The number of nitrogens with one attached hydrogen (secondary N) is 2. The molecule has 2 aliphatic rings. The normalized spacial score (nSPS) is 26.4. The topological polar surface area (TPSA) is 84.1 Å². The predicted molar refractivity (Wildman–Crippen MR) is 94.6 cm³/mol. The van der Waals surface area contributed by atoms with Crippen molar-refractivity contribution >= 4 is 11.6 Å². The number of rotatable bonds is 3. The number of aromatic amines is 1. The molecular formula is C19H18F3N3O3. The quantitative estimate of drug-likeness (QED) is 0.840. The Labute approximate surface area is 158 Å². The number of alkyl halides is 3. The third-order valence-electron chi connectivity index (χ3n) is 5.25. The van der Waals surface area contributed by atoms with E-state index in [2.05, 4.69) is 15.3 Å². The van der Waals surface area contributed by atoms with Crippen molar-refractivity contribution in [2.75, 3.05) is 5.32 Å². The number of fused-ring (bicyclic) bond motifs is 2. The Morgan fingerprint density at radius 2 is 1.89 bits per heavy atom. The van der Waals surface area contributed by atoms with Gasteiger partial charge in [0.05, 0.1) is 24.0 Å². The van der Waals surface area contributed by atoms with Crippen LogP contribution in [0.3, 0.4) is 0 Å². The molecule has 4 rings (SSSR count). The number of hydrogen-bond donors (Lipinski definition) is 2. The molecule has 2 aliphatic heterocycles. The lowest BCUT2D eigenvalue weighted by Crippen LogP contribution is -2.44. The van der Waals surface area contributed by atoms with Crippen LogP contribution in [0, 0.1) is 18.8 Å². The Kier molecular flexibility index (Phi) is 4.49. The molecule has 3 heterocycles. The zero-order chi connectivity index (χ0) is 20.1. The number of H-pyrrole nitrogens is 1. The molecule has 148 valence electrons.